The van der Waals surface area contributed by atoms with Gasteiger partial charge in [0.25, 0.3) is 0 Å². The Bertz CT molecular complexity index is 750. The van der Waals surface area contributed by atoms with E-state index in [1.165, 1.54) is 5.56 Å². The van der Waals surface area contributed by atoms with Crippen molar-refractivity contribution >= 4 is 15.9 Å². The highest BCUT2D eigenvalue weighted by atomic mass is 32.2. The molecule has 0 N–H and O–H groups in total. The number of hydrogen-bond donors (Lipinski definition) is 0. The van der Waals surface area contributed by atoms with Crippen LogP contribution in [-0.2, 0) is 21.5 Å². The largest absolute Gasteiger partial charge is 0.748 e. The van der Waals surface area contributed by atoms with E-state index < -0.39 is 21.3 Å². The van der Waals surface area contributed by atoms with Gasteiger partial charge in [0.15, 0.2) is 0 Å². The van der Waals surface area contributed by atoms with Gasteiger partial charge in [0.2, 0.25) is 0 Å². The van der Waals surface area contributed by atoms with E-state index in [9.17, 15) is 17.8 Å². The Morgan fingerprint density at radius 3 is 2.12 bits per heavy atom. The maximum absolute atomic E-state index is 11.8. The number of hydrogen-bond acceptors (Lipinski definition) is 4. The Hall–Kier alpha value is -1.24. The maximum Gasteiger partial charge on any atom is 0.140 e. The van der Waals surface area contributed by atoms with Gasteiger partial charge in [0.1, 0.15) is 12.3 Å². The van der Waals surface area contributed by atoms with Crippen molar-refractivity contribution in [3.05, 3.63) is 35.9 Å². The molecule has 0 aromatic heterocycles. The number of Topliss-reactive ketones (excluding diaryl/α,β-unsaturated/α-hetero) is 1. The van der Waals surface area contributed by atoms with Crippen LogP contribution in [0.25, 0.3) is 0 Å². The summed E-state index contributed by atoms with van der Waals surface area (Å²) in [6.45, 7) is 4.93. The number of fused-ring (bicyclic) bond motifs is 2. The highest BCUT2D eigenvalue weighted by Gasteiger charge is 2.64. The van der Waals surface area contributed by atoms with Crippen LogP contribution in [0.15, 0.2) is 30.3 Å². The predicted octanol–water partition coefficient (Wildman–Crippen LogP) is 2.82. The summed E-state index contributed by atoms with van der Waals surface area (Å²) in [7, 11) is 2.28. The summed E-state index contributed by atoms with van der Waals surface area (Å²) < 4.78 is 33.7. The molecule has 1 aromatic rings. The first kappa shape index (κ1) is 21.1. The van der Waals surface area contributed by atoms with Crippen LogP contribution in [0.3, 0.4) is 0 Å². The van der Waals surface area contributed by atoms with Crippen molar-refractivity contribution in [3.8, 4) is 0 Å². The minimum atomic E-state index is -4.33. The number of carbonyl (C=O) groups excluding carboxylic acids is 1. The van der Waals surface area contributed by atoms with E-state index in [-0.39, 0.29) is 17.1 Å². The fourth-order valence-corrected chi connectivity index (χ4v) is 5.82. The first-order valence-corrected chi connectivity index (χ1v) is 10.7. The Balaban J connectivity index is 0.000000197. The van der Waals surface area contributed by atoms with Gasteiger partial charge < -0.3 is 9.04 Å². The van der Waals surface area contributed by atoms with E-state index >= 15 is 0 Å². The Morgan fingerprint density at radius 1 is 1.15 bits per heavy atom. The molecule has 2 aliphatic rings. The SMILES string of the molecule is CC1(C)C2CCC1(CS(=O)(=O)[O-])C(=O)C2.C[N+](C)(C)Cc1ccccc1. The second-order valence-electron chi connectivity index (χ2n) is 9.30. The van der Waals surface area contributed by atoms with Crippen LogP contribution in [0.2, 0.25) is 0 Å². The van der Waals surface area contributed by atoms with E-state index in [0.717, 1.165) is 17.4 Å². The third kappa shape index (κ3) is 4.53. The number of carbonyl (C=O) groups is 1. The van der Waals surface area contributed by atoms with Crippen LogP contribution in [0, 0.1) is 16.7 Å². The van der Waals surface area contributed by atoms with Gasteiger partial charge in [-0.25, -0.2) is 8.42 Å². The lowest BCUT2D eigenvalue weighted by Gasteiger charge is -2.37. The molecule has 2 aliphatic carbocycles. The fourth-order valence-electron chi connectivity index (χ4n) is 4.54. The quantitative estimate of drug-likeness (QED) is 0.594. The Kier molecular flexibility index (Phi) is 5.72. The summed E-state index contributed by atoms with van der Waals surface area (Å²) in [6.07, 6.45) is 1.88. The van der Waals surface area contributed by atoms with Crippen molar-refractivity contribution in [2.24, 2.45) is 16.7 Å². The summed E-state index contributed by atoms with van der Waals surface area (Å²) in [4.78, 5) is 11.8. The molecule has 2 unspecified atom stereocenters. The lowest BCUT2D eigenvalue weighted by atomic mass is 9.70. The molecule has 0 amide bonds. The molecule has 0 heterocycles. The minimum absolute atomic E-state index is 0.0248. The molecule has 0 saturated heterocycles. The van der Waals surface area contributed by atoms with Crippen molar-refractivity contribution in [3.63, 3.8) is 0 Å². The monoisotopic (exact) mass is 381 g/mol. The highest BCUT2D eigenvalue weighted by molar-refractivity contribution is 7.85. The van der Waals surface area contributed by atoms with Crippen LogP contribution in [0.1, 0.15) is 38.7 Å². The van der Waals surface area contributed by atoms with Crippen LogP contribution >= 0.6 is 0 Å². The molecule has 0 spiro atoms. The molecule has 3 rings (SSSR count). The van der Waals surface area contributed by atoms with Crippen molar-refractivity contribution in [2.75, 3.05) is 26.9 Å². The van der Waals surface area contributed by atoms with Gasteiger partial charge in [0.05, 0.1) is 37.0 Å². The van der Waals surface area contributed by atoms with Gasteiger partial charge in [-0.1, -0.05) is 44.2 Å². The summed E-state index contributed by atoms with van der Waals surface area (Å²) in [5, 5.41) is 0. The summed E-state index contributed by atoms with van der Waals surface area (Å²) >= 11 is 0. The molecule has 2 fully saturated rings. The Morgan fingerprint density at radius 2 is 1.73 bits per heavy atom. The molecule has 0 aliphatic heterocycles. The summed E-state index contributed by atoms with van der Waals surface area (Å²) in [5.74, 6) is -0.280. The van der Waals surface area contributed by atoms with E-state index in [2.05, 4.69) is 51.5 Å². The fraction of sp³-hybridized carbons (Fsp3) is 0.650. The predicted molar refractivity (Wildman–Crippen MR) is 101 cm³/mol. The zero-order valence-electron chi connectivity index (χ0n) is 16.5. The maximum atomic E-state index is 11.8. The third-order valence-electron chi connectivity index (χ3n) is 6.06. The van der Waals surface area contributed by atoms with Gasteiger partial charge in [-0.2, -0.15) is 0 Å². The molecule has 2 bridgehead atoms. The molecule has 6 heteroatoms. The average molecular weight is 382 g/mol. The first-order valence-electron chi connectivity index (χ1n) is 9.08. The summed E-state index contributed by atoms with van der Waals surface area (Å²) in [6, 6.07) is 10.6. The molecule has 1 aromatic carbocycles. The normalized spacial score (nSPS) is 27.2. The topological polar surface area (TPSA) is 74.3 Å². The number of quaternary nitrogens is 1. The zero-order chi connectivity index (χ0) is 19.8. The average Bonchev–Trinajstić information content (AvgIpc) is 2.79. The number of nitrogens with zero attached hydrogens (tertiary/aromatic N) is 1. The standard InChI is InChI=1S/C10H16N.C10H16O4S/c1-11(2,3)9-10-7-5-4-6-8-10;1-9(2)7-3-4-10(9,8(11)5-7)6-15(12,13)14/h4-8H,9H2,1-3H3;7H,3-6H2,1-2H3,(H,12,13,14)/q+1;/p-1. The second kappa shape index (κ2) is 7.06. The van der Waals surface area contributed by atoms with Gasteiger partial charge in [0, 0.05) is 17.4 Å². The molecule has 2 saturated carbocycles. The van der Waals surface area contributed by atoms with Gasteiger partial charge in [-0.3, -0.25) is 4.79 Å². The van der Waals surface area contributed by atoms with Crippen LogP contribution in [0.4, 0.5) is 0 Å². The molecular weight excluding hydrogens is 350 g/mol. The van der Waals surface area contributed by atoms with Gasteiger partial charge in [-0.05, 0) is 24.2 Å². The van der Waals surface area contributed by atoms with E-state index in [0.29, 0.717) is 12.8 Å². The third-order valence-corrected chi connectivity index (χ3v) is 6.91. The Labute approximate surface area is 157 Å². The second-order valence-corrected chi connectivity index (χ2v) is 10.7. The van der Waals surface area contributed by atoms with E-state index in [1.807, 2.05) is 13.8 Å². The van der Waals surface area contributed by atoms with E-state index in [4.69, 9.17) is 0 Å². The molecule has 5 nitrogen and oxygen atoms in total. The van der Waals surface area contributed by atoms with Crippen LogP contribution in [-0.4, -0.2) is 50.1 Å². The molecule has 0 radical (unpaired) electrons. The number of benzene rings is 1. The van der Waals surface area contributed by atoms with E-state index in [1.54, 1.807) is 0 Å². The highest BCUT2D eigenvalue weighted by Crippen LogP contribution is 2.64. The zero-order valence-corrected chi connectivity index (χ0v) is 17.3. The van der Waals surface area contributed by atoms with Crippen molar-refractivity contribution < 1.29 is 22.2 Å². The van der Waals surface area contributed by atoms with Crippen LogP contribution in [0.5, 0.6) is 0 Å². The lowest BCUT2D eigenvalue weighted by Crippen LogP contribution is -2.42. The molecule has 26 heavy (non-hydrogen) atoms. The van der Waals surface area contributed by atoms with Crippen molar-refractivity contribution in [2.45, 2.75) is 39.7 Å². The van der Waals surface area contributed by atoms with Crippen molar-refractivity contribution in [1.82, 2.24) is 0 Å². The molecule has 146 valence electrons. The van der Waals surface area contributed by atoms with Crippen LogP contribution < -0.4 is 0 Å². The minimum Gasteiger partial charge on any atom is -0.748 e. The molecular formula is C20H31NO4S. The first-order chi connectivity index (χ1) is 11.8. The lowest BCUT2D eigenvalue weighted by molar-refractivity contribution is -0.884. The number of rotatable bonds is 4. The molecule has 2 atom stereocenters. The summed E-state index contributed by atoms with van der Waals surface area (Å²) in [5.41, 5.74) is 0.180. The van der Waals surface area contributed by atoms with Gasteiger partial charge in [-0.15, -0.1) is 0 Å². The van der Waals surface area contributed by atoms with Gasteiger partial charge >= 0.3 is 0 Å². The van der Waals surface area contributed by atoms with Crippen molar-refractivity contribution in [1.29, 1.82) is 0 Å². The smallest absolute Gasteiger partial charge is 0.140 e. The number of ketones is 1.